The summed E-state index contributed by atoms with van der Waals surface area (Å²) in [5, 5.41) is 1.99. The highest BCUT2D eigenvalue weighted by molar-refractivity contribution is 7.13. The minimum absolute atomic E-state index is 0.248. The summed E-state index contributed by atoms with van der Waals surface area (Å²) < 4.78 is 5.11. The molecule has 0 atom stereocenters. The average Bonchev–Trinajstić information content (AvgIpc) is 2.81. The average molecular weight is 245 g/mol. The van der Waals surface area contributed by atoms with Crippen LogP contribution >= 0.6 is 11.3 Å². The van der Waals surface area contributed by atoms with Crippen molar-refractivity contribution in [2.75, 3.05) is 6.61 Å². The lowest BCUT2D eigenvalue weighted by atomic mass is 10.00. The Morgan fingerprint density at radius 2 is 2.35 bits per heavy atom. The lowest BCUT2D eigenvalue weighted by molar-refractivity contribution is 0.0481. The number of rotatable bonds is 1. The van der Waals surface area contributed by atoms with Crippen molar-refractivity contribution in [2.45, 2.75) is 13.3 Å². The normalized spacial score (nSPS) is 14.3. The number of ether oxygens (including phenoxy) is 1. The van der Waals surface area contributed by atoms with Crippen molar-refractivity contribution in [3.8, 4) is 10.6 Å². The van der Waals surface area contributed by atoms with Gasteiger partial charge in [-0.1, -0.05) is 6.07 Å². The van der Waals surface area contributed by atoms with Crippen LogP contribution in [0.4, 0.5) is 0 Å². The zero-order valence-corrected chi connectivity index (χ0v) is 10.2. The number of carbonyl (C=O) groups is 1. The van der Waals surface area contributed by atoms with Crippen LogP contribution in [0.2, 0.25) is 0 Å². The van der Waals surface area contributed by atoms with E-state index < -0.39 is 0 Å². The quantitative estimate of drug-likeness (QED) is 0.725. The molecule has 0 saturated carbocycles. The maximum Gasteiger partial charge on any atom is 0.340 e. The van der Waals surface area contributed by atoms with Crippen LogP contribution in [0.25, 0.3) is 10.6 Å². The molecule has 1 aliphatic rings. The van der Waals surface area contributed by atoms with E-state index in [1.807, 2.05) is 30.5 Å². The largest absolute Gasteiger partial charge is 0.462 e. The van der Waals surface area contributed by atoms with Gasteiger partial charge in [0.25, 0.3) is 0 Å². The van der Waals surface area contributed by atoms with Crippen molar-refractivity contribution >= 4 is 17.3 Å². The van der Waals surface area contributed by atoms with Crippen LogP contribution in [0, 0.1) is 6.92 Å². The molecule has 0 fully saturated rings. The van der Waals surface area contributed by atoms with Gasteiger partial charge in [0.15, 0.2) is 0 Å². The fourth-order valence-electron chi connectivity index (χ4n) is 2.08. The van der Waals surface area contributed by atoms with Crippen LogP contribution in [-0.2, 0) is 11.2 Å². The first-order valence-electron chi connectivity index (χ1n) is 5.47. The van der Waals surface area contributed by atoms with Crippen molar-refractivity contribution in [1.82, 2.24) is 4.98 Å². The Morgan fingerprint density at radius 1 is 1.47 bits per heavy atom. The lowest BCUT2D eigenvalue weighted by Crippen LogP contribution is -2.19. The number of cyclic esters (lactones) is 1. The van der Waals surface area contributed by atoms with Gasteiger partial charge in [-0.3, -0.25) is 4.98 Å². The van der Waals surface area contributed by atoms with Gasteiger partial charge < -0.3 is 4.74 Å². The molecule has 3 rings (SSSR count). The van der Waals surface area contributed by atoms with Gasteiger partial charge in [-0.2, -0.15) is 0 Å². The second-order valence-corrected chi connectivity index (χ2v) is 4.96. The molecular formula is C13H11NO2S. The van der Waals surface area contributed by atoms with Gasteiger partial charge in [-0.05, 0) is 30.0 Å². The molecule has 0 N–H and O–H groups in total. The molecule has 0 aliphatic carbocycles. The number of pyridine rings is 1. The maximum atomic E-state index is 11.9. The van der Waals surface area contributed by atoms with Crippen molar-refractivity contribution in [3.05, 3.63) is 40.4 Å². The third-order valence-electron chi connectivity index (χ3n) is 2.79. The Labute approximate surface area is 103 Å². The van der Waals surface area contributed by atoms with Gasteiger partial charge in [-0.25, -0.2) is 4.79 Å². The predicted molar refractivity (Wildman–Crippen MR) is 66.3 cm³/mol. The molecule has 0 spiro atoms. The Bertz CT molecular complexity index is 575. The van der Waals surface area contributed by atoms with Crippen LogP contribution in [0.5, 0.6) is 0 Å². The molecule has 1 aliphatic heterocycles. The number of nitrogens with zero attached hydrogens (tertiary/aromatic N) is 1. The number of aryl methyl sites for hydroxylation is 1. The molecule has 3 nitrogen and oxygen atoms in total. The van der Waals surface area contributed by atoms with Gasteiger partial charge in [0.1, 0.15) is 0 Å². The lowest BCUT2D eigenvalue weighted by Gasteiger charge is -2.18. The second kappa shape index (κ2) is 3.96. The van der Waals surface area contributed by atoms with Crippen molar-refractivity contribution in [3.63, 3.8) is 0 Å². The van der Waals surface area contributed by atoms with E-state index in [4.69, 9.17) is 4.74 Å². The first kappa shape index (κ1) is 10.5. The van der Waals surface area contributed by atoms with Gasteiger partial charge in [0, 0.05) is 12.1 Å². The molecule has 0 amide bonds. The van der Waals surface area contributed by atoms with Gasteiger partial charge in [-0.15, -0.1) is 11.3 Å². The first-order chi connectivity index (χ1) is 8.25. The number of carbonyl (C=O) groups excluding carboxylic acids is 1. The second-order valence-electron chi connectivity index (χ2n) is 4.01. The number of hydrogen-bond acceptors (Lipinski definition) is 4. The highest BCUT2D eigenvalue weighted by atomic mass is 32.1. The molecule has 0 saturated heterocycles. The smallest absolute Gasteiger partial charge is 0.340 e. The SMILES string of the molecule is Cc1cc2c(c(-c3cccs3)n1)C(=O)OCC2. The van der Waals surface area contributed by atoms with Gasteiger partial charge in [0.2, 0.25) is 0 Å². The van der Waals surface area contributed by atoms with Crippen LogP contribution in [-0.4, -0.2) is 17.6 Å². The molecule has 4 heteroatoms. The fourth-order valence-corrected chi connectivity index (χ4v) is 2.80. The highest BCUT2D eigenvalue weighted by Gasteiger charge is 2.24. The highest BCUT2D eigenvalue weighted by Crippen LogP contribution is 2.31. The van der Waals surface area contributed by atoms with Gasteiger partial charge >= 0.3 is 5.97 Å². The van der Waals surface area contributed by atoms with E-state index in [0.717, 1.165) is 28.2 Å². The van der Waals surface area contributed by atoms with E-state index in [1.165, 1.54) is 0 Å². The summed E-state index contributed by atoms with van der Waals surface area (Å²) in [6.07, 6.45) is 0.781. The van der Waals surface area contributed by atoms with E-state index in [-0.39, 0.29) is 5.97 Å². The summed E-state index contributed by atoms with van der Waals surface area (Å²) in [5.74, 6) is -0.248. The van der Waals surface area contributed by atoms with Gasteiger partial charge in [0.05, 0.1) is 22.7 Å². The summed E-state index contributed by atoms with van der Waals surface area (Å²) in [7, 11) is 0. The van der Waals surface area contributed by atoms with E-state index in [0.29, 0.717) is 12.2 Å². The first-order valence-corrected chi connectivity index (χ1v) is 6.35. The van der Waals surface area contributed by atoms with Crippen LogP contribution in [0.15, 0.2) is 23.6 Å². The van der Waals surface area contributed by atoms with E-state index in [1.54, 1.807) is 11.3 Å². The summed E-state index contributed by atoms with van der Waals surface area (Å²) in [6, 6.07) is 5.92. The summed E-state index contributed by atoms with van der Waals surface area (Å²) >= 11 is 1.59. The molecule has 2 aromatic heterocycles. The molecule has 17 heavy (non-hydrogen) atoms. The topological polar surface area (TPSA) is 39.2 Å². The minimum Gasteiger partial charge on any atom is -0.462 e. The number of thiophene rings is 1. The van der Waals surface area contributed by atoms with Crippen molar-refractivity contribution < 1.29 is 9.53 Å². The van der Waals surface area contributed by atoms with Crippen LogP contribution in [0.1, 0.15) is 21.6 Å². The summed E-state index contributed by atoms with van der Waals surface area (Å²) in [4.78, 5) is 17.4. The number of aromatic nitrogens is 1. The molecule has 2 aromatic rings. The Morgan fingerprint density at radius 3 is 3.12 bits per heavy atom. The maximum absolute atomic E-state index is 11.9. The number of esters is 1. The Kier molecular flexibility index (Phi) is 2.44. The van der Waals surface area contributed by atoms with Crippen LogP contribution in [0.3, 0.4) is 0 Å². The van der Waals surface area contributed by atoms with Crippen molar-refractivity contribution in [1.29, 1.82) is 0 Å². The molecule has 0 radical (unpaired) electrons. The molecular weight excluding hydrogens is 234 g/mol. The zero-order valence-electron chi connectivity index (χ0n) is 9.40. The predicted octanol–water partition coefficient (Wildman–Crippen LogP) is 2.83. The molecule has 0 bridgehead atoms. The van der Waals surface area contributed by atoms with E-state index in [9.17, 15) is 4.79 Å². The Balaban J connectivity index is 2.27. The zero-order chi connectivity index (χ0) is 11.8. The third-order valence-corrected chi connectivity index (χ3v) is 3.67. The van der Waals surface area contributed by atoms with Crippen molar-refractivity contribution in [2.24, 2.45) is 0 Å². The minimum atomic E-state index is -0.248. The molecule has 0 aromatic carbocycles. The summed E-state index contributed by atoms with van der Waals surface area (Å²) in [6.45, 7) is 2.43. The summed E-state index contributed by atoms with van der Waals surface area (Å²) in [5.41, 5.74) is 3.41. The molecule has 3 heterocycles. The third kappa shape index (κ3) is 1.74. The number of hydrogen-bond donors (Lipinski definition) is 0. The van der Waals surface area contributed by atoms with E-state index >= 15 is 0 Å². The molecule has 0 unspecified atom stereocenters. The van der Waals surface area contributed by atoms with E-state index in [2.05, 4.69) is 4.98 Å². The Hall–Kier alpha value is -1.68. The number of fused-ring (bicyclic) bond motifs is 1. The van der Waals surface area contributed by atoms with Crippen LogP contribution < -0.4 is 0 Å². The monoisotopic (exact) mass is 245 g/mol. The fraction of sp³-hybridized carbons (Fsp3) is 0.231. The standard InChI is InChI=1S/C13H11NO2S/c1-8-7-9-4-5-16-13(15)11(9)12(14-8)10-3-2-6-17-10/h2-3,6-7H,4-5H2,1H3. The molecule has 86 valence electrons.